The van der Waals surface area contributed by atoms with Crippen LogP contribution in [0.1, 0.15) is 58.1 Å². The first-order valence-electron chi connectivity index (χ1n) is 10.6. The van der Waals surface area contributed by atoms with Crippen LogP contribution in [-0.4, -0.2) is 43.6 Å². The number of H-pyrrole nitrogens is 1. The van der Waals surface area contributed by atoms with E-state index < -0.39 is 34.1 Å². The van der Waals surface area contributed by atoms with Crippen LogP contribution in [-0.2, 0) is 0 Å². The number of carboxylic acids is 2. The Kier molecular flexibility index (Phi) is 6.20. The van der Waals surface area contributed by atoms with Gasteiger partial charge in [0.05, 0.1) is 16.1 Å². The molecule has 11 heteroatoms. The van der Waals surface area contributed by atoms with E-state index in [1.54, 1.807) is 24.3 Å². The van der Waals surface area contributed by atoms with Gasteiger partial charge in [-0.2, -0.15) is 0 Å². The van der Waals surface area contributed by atoms with Crippen molar-refractivity contribution in [3.05, 3.63) is 120 Å². The van der Waals surface area contributed by atoms with Crippen LogP contribution in [0.2, 0.25) is 0 Å². The summed E-state index contributed by atoms with van der Waals surface area (Å²) in [4.78, 5) is 71.3. The van der Waals surface area contributed by atoms with Gasteiger partial charge in [-0.15, -0.1) is 0 Å². The van der Waals surface area contributed by atoms with Crippen molar-refractivity contribution < 1.29 is 34.3 Å². The van der Waals surface area contributed by atoms with Gasteiger partial charge in [-0.3, -0.25) is 24.5 Å². The molecule has 0 fully saturated rings. The number of nitrogens with one attached hydrogen (secondary N) is 1. The van der Waals surface area contributed by atoms with Gasteiger partial charge in [-0.05, 0) is 37.3 Å². The molecular weight excluding hydrogens is 484 g/mol. The first-order valence-corrected chi connectivity index (χ1v) is 10.6. The maximum absolute atomic E-state index is 12.5. The Morgan fingerprint density at radius 2 is 1.54 bits per heavy atom. The highest BCUT2D eigenvalue weighted by Gasteiger charge is 2.35. The first-order chi connectivity index (χ1) is 17.5. The third-order valence-corrected chi connectivity index (χ3v) is 5.84. The molecule has 1 aromatic heterocycles. The monoisotopic (exact) mass is 500 g/mol. The number of nitro benzene ring substituents is 1. The topological polar surface area (TPSA) is 185 Å². The van der Waals surface area contributed by atoms with E-state index in [1.165, 1.54) is 31.2 Å². The second-order valence-corrected chi connectivity index (χ2v) is 7.99. The molecule has 11 nitrogen and oxygen atoms in total. The van der Waals surface area contributed by atoms with Crippen molar-refractivity contribution in [2.24, 2.45) is 0 Å². The minimum absolute atomic E-state index is 0.0444. The molecule has 0 amide bonds. The molecule has 0 atom stereocenters. The highest BCUT2D eigenvalue weighted by Crippen LogP contribution is 2.33. The first kappa shape index (κ1) is 24.7. The summed E-state index contributed by atoms with van der Waals surface area (Å²) in [6.07, 6.45) is 0. The van der Waals surface area contributed by atoms with Gasteiger partial charge < -0.3 is 15.2 Å². The van der Waals surface area contributed by atoms with E-state index in [0.717, 1.165) is 12.1 Å². The van der Waals surface area contributed by atoms with Crippen molar-refractivity contribution in [3.63, 3.8) is 0 Å². The number of fused-ring (bicyclic) bond motifs is 3. The number of aromatic amines is 1. The van der Waals surface area contributed by atoms with Crippen LogP contribution in [0.15, 0.2) is 65.5 Å². The Labute approximate surface area is 206 Å². The molecule has 1 aliphatic carbocycles. The number of rotatable bonds is 3. The van der Waals surface area contributed by atoms with Crippen molar-refractivity contribution in [1.82, 2.24) is 4.98 Å². The maximum atomic E-state index is 12.5. The molecule has 184 valence electrons. The summed E-state index contributed by atoms with van der Waals surface area (Å²) in [6.45, 7) is 1.51. The number of aromatic carboxylic acids is 2. The number of pyridine rings is 1. The number of aromatic nitrogens is 1. The average Bonchev–Trinajstić information content (AvgIpc) is 2.87. The third-order valence-electron chi connectivity index (χ3n) is 5.84. The zero-order chi connectivity index (χ0) is 27.0. The van der Waals surface area contributed by atoms with Crippen LogP contribution in [0, 0.1) is 17.0 Å². The van der Waals surface area contributed by atoms with E-state index in [1.807, 2.05) is 0 Å². The number of nitrogens with zero attached hydrogens (tertiary/aromatic N) is 1. The van der Waals surface area contributed by atoms with Crippen LogP contribution in [0.25, 0.3) is 10.9 Å². The molecule has 1 heterocycles. The fourth-order valence-electron chi connectivity index (χ4n) is 4.08. The molecule has 1 aliphatic rings. The van der Waals surface area contributed by atoms with Crippen molar-refractivity contribution in [1.29, 1.82) is 0 Å². The lowest BCUT2D eigenvalue weighted by atomic mass is 9.82. The number of ketones is 2. The Balaban J connectivity index is 0.000000186. The minimum Gasteiger partial charge on any atom is -0.478 e. The molecule has 3 N–H and O–H groups in total. The maximum Gasteiger partial charge on any atom is 0.336 e. The SMILES string of the molecule is Cc1c(C(=O)O)c2ccccc2[nH]c1=O.O=C(O)c1ccc2c(c1)C(=O)c1c(cccc1[N+](=O)[O-])C2=O. The van der Waals surface area contributed by atoms with Crippen LogP contribution in [0.4, 0.5) is 5.69 Å². The van der Waals surface area contributed by atoms with Gasteiger partial charge in [0.25, 0.3) is 11.2 Å². The minimum atomic E-state index is -1.25. The second kappa shape index (κ2) is 9.30. The van der Waals surface area contributed by atoms with Gasteiger partial charge in [0.2, 0.25) is 5.78 Å². The molecular formula is C26H16N2O9. The molecule has 0 spiro atoms. The summed E-state index contributed by atoms with van der Waals surface area (Å²) >= 11 is 0. The molecule has 4 aromatic rings. The van der Waals surface area contributed by atoms with Crippen LogP contribution < -0.4 is 5.56 Å². The predicted octanol–water partition coefficient (Wildman–Crippen LogP) is 3.60. The number of carbonyl (C=O) groups excluding carboxylic acids is 2. The highest BCUT2D eigenvalue weighted by molar-refractivity contribution is 6.30. The Morgan fingerprint density at radius 3 is 2.19 bits per heavy atom. The number of hydrogen-bond donors (Lipinski definition) is 3. The van der Waals surface area contributed by atoms with Gasteiger partial charge in [0.1, 0.15) is 5.56 Å². The third kappa shape index (κ3) is 4.25. The lowest BCUT2D eigenvalue weighted by molar-refractivity contribution is -0.385. The van der Waals surface area contributed by atoms with E-state index in [-0.39, 0.29) is 44.5 Å². The number of para-hydroxylation sites is 1. The standard InChI is InChI=1S/C15H7NO6.C11H9NO3/c17-13-8-5-4-7(15(19)20)6-10(8)14(18)12-9(13)2-1-3-11(12)16(21)22;1-6-9(11(14)15)7-4-2-3-5-8(7)12-10(6)13/h1-6H,(H,19,20);2-5H,1H3,(H,12,13)(H,14,15). The predicted molar refractivity (Wildman–Crippen MR) is 130 cm³/mol. The highest BCUT2D eigenvalue weighted by atomic mass is 16.6. The molecule has 0 radical (unpaired) electrons. The average molecular weight is 500 g/mol. The normalized spacial score (nSPS) is 11.7. The largest absolute Gasteiger partial charge is 0.478 e. The van der Waals surface area contributed by atoms with Crippen molar-refractivity contribution in [2.45, 2.75) is 6.92 Å². The lowest BCUT2D eigenvalue weighted by Crippen LogP contribution is -2.22. The second-order valence-electron chi connectivity index (χ2n) is 7.99. The van der Waals surface area contributed by atoms with E-state index in [2.05, 4.69) is 4.98 Å². The number of hydrogen-bond acceptors (Lipinski definition) is 7. The van der Waals surface area contributed by atoms with Crippen molar-refractivity contribution >= 4 is 40.1 Å². The fourth-order valence-corrected chi connectivity index (χ4v) is 4.08. The van der Waals surface area contributed by atoms with Gasteiger partial charge in [0.15, 0.2) is 5.78 Å². The Morgan fingerprint density at radius 1 is 0.838 bits per heavy atom. The van der Waals surface area contributed by atoms with E-state index in [4.69, 9.17) is 10.2 Å². The number of carboxylic acid groups (broad SMARTS) is 2. The van der Waals surface area contributed by atoms with E-state index >= 15 is 0 Å². The van der Waals surface area contributed by atoms with Gasteiger partial charge >= 0.3 is 11.9 Å². The molecule has 0 saturated heterocycles. The number of benzene rings is 3. The molecule has 5 rings (SSSR count). The van der Waals surface area contributed by atoms with Crippen molar-refractivity contribution in [3.8, 4) is 0 Å². The number of carbonyl (C=O) groups is 4. The zero-order valence-corrected chi connectivity index (χ0v) is 19.0. The Hall–Kier alpha value is -5.45. The molecule has 0 aliphatic heterocycles. The summed E-state index contributed by atoms with van der Waals surface area (Å²) in [6, 6.07) is 14.2. The molecule has 0 saturated carbocycles. The Bertz CT molecular complexity index is 1730. The quantitative estimate of drug-likeness (QED) is 0.246. The lowest BCUT2D eigenvalue weighted by Gasteiger charge is -2.17. The fraction of sp³-hybridized carbons (Fsp3) is 0.0385. The van der Waals surface area contributed by atoms with Crippen LogP contribution >= 0.6 is 0 Å². The van der Waals surface area contributed by atoms with E-state index in [0.29, 0.717) is 10.9 Å². The zero-order valence-electron chi connectivity index (χ0n) is 19.0. The molecule has 0 unspecified atom stereocenters. The molecule has 37 heavy (non-hydrogen) atoms. The van der Waals surface area contributed by atoms with Crippen LogP contribution in [0.5, 0.6) is 0 Å². The van der Waals surface area contributed by atoms with Crippen molar-refractivity contribution in [2.75, 3.05) is 0 Å². The summed E-state index contributed by atoms with van der Waals surface area (Å²) in [5.41, 5.74) is -0.562. The van der Waals surface area contributed by atoms with Crippen LogP contribution in [0.3, 0.4) is 0 Å². The molecule has 0 bridgehead atoms. The van der Waals surface area contributed by atoms with Gasteiger partial charge in [-0.1, -0.05) is 24.3 Å². The summed E-state index contributed by atoms with van der Waals surface area (Å²) in [5, 5.41) is 29.6. The summed E-state index contributed by atoms with van der Waals surface area (Å²) in [5.74, 6) is -3.59. The van der Waals surface area contributed by atoms with E-state index in [9.17, 15) is 34.1 Å². The van der Waals surface area contributed by atoms with Gasteiger partial charge in [0, 0.05) is 39.2 Å². The summed E-state index contributed by atoms with van der Waals surface area (Å²) in [7, 11) is 0. The van der Waals surface area contributed by atoms with Gasteiger partial charge in [-0.25, -0.2) is 9.59 Å². The number of nitro groups is 1. The summed E-state index contributed by atoms with van der Waals surface area (Å²) < 4.78 is 0. The molecule has 3 aromatic carbocycles. The smallest absolute Gasteiger partial charge is 0.336 e.